The summed E-state index contributed by atoms with van der Waals surface area (Å²) in [5, 5.41) is 6.27. The van der Waals surface area contributed by atoms with E-state index in [0.29, 0.717) is 11.8 Å². The molecule has 0 bridgehead atoms. The number of nitrogens with zero attached hydrogens (tertiary/aromatic N) is 2. The van der Waals surface area contributed by atoms with Crippen LogP contribution in [-0.2, 0) is 7.05 Å². The molecule has 0 unspecified atom stereocenters. The van der Waals surface area contributed by atoms with E-state index in [0.717, 1.165) is 6.07 Å². The molecular weight excluding hydrogens is 242 g/mol. The summed E-state index contributed by atoms with van der Waals surface area (Å²) in [6.07, 6.45) is 2.95. The predicted octanol–water partition coefficient (Wildman–Crippen LogP) is 1.53. The number of amides is 1. The zero-order valence-electron chi connectivity index (χ0n) is 9.45. The largest absolute Gasteiger partial charge is 0.396 e. The fourth-order valence-corrected chi connectivity index (χ4v) is 1.42. The molecule has 1 aromatic carbocycles. The van der Waals surface area contributed by atoms with Crippen LogP contribution in [0.2, 0.25) is 0 Å². The molecule has 5 nitrogen and oxygen atoms in total. The normalized spacial score (nSPS) is 10.4. The lowest BCUT2D eigenvalue weighted by molar-refractivity contribution is 0.102. The van der Waals surface area contributed by atoms with Gasteiger partial charge >= 0.3 is 0 Å². The Bertz CT molecular complexity index is 609. The third-order valence-electron chi connectivity index (χ3n) is 2.29. The third kappa shape index (κ3) is 2.29. The molecule has 7 heteroatoms. The second-order valence-corrected chi connectivity index (χ2v) is 3.71. The first-order valence-corrected chi connectivity index (χ1v) is 5.02. The summed E-state index contributed by atoms with van der Waals surface area (Å²) in [6, 6.07) is 1.53. The van der Waals surface area contributed by atoms with Gasteiger partial charge < -0.3 is 11.1 Å². The van der Waals surface area contributed by atoms with Gasteiger partial charge in [0.2, 0.25) is 0 Å². The highest BCUT2D eigenvalue weighted by atomic mass is 19.1. The number of hydrogen-bond donors (Lipinski definition) is 2. The van der Waals surface area contributed by atoms with Gasteiger partial charge in [0.05, 0.1) is 23.1 Å². The van der Waals surface area contributed by atoms with E-state index in [1.54, 1.807) is 13.2 Å². The molecule has 3 N–H and O–H groups in total. The van der Waals surface area contributed by atoms with E-state index < -0.39 is 17.5 Å². The van der Waals surface area contributed by atoms with Gasteiger partial charge in [0.1, 0.15) is 11.6 Å². The summed E-state index contributed by atoms with van der Waals surface area (Å²) in [4.78, 5) is 11.7. The summed E-state index contributed by atoms with van der Waals surface area (Å²) >= 11 is 0. The summed E-state index contributed by atoms with van der Waals surface area (Å²) in [6.45, 7) is 0. The minimum absolute atomic E-state index is 0.285. The SMILES string of the molecule is Cn1cc(NC(=O)c2cc(N)c(F)cc2F)cn1. The fourth-order valence-electron chi connectivity index (χ4n) is 1.42. The maximum Gasteiger partial charge on any atom is 0.258 e. The Hall–Kier alpha value is -2.44. The Morgan fingerprint density at radius 3 is 2.72 bits per heavy atom. The second-order valence-electron chi connectivity index (χ2n) is 3.71. The predicted molar refractivity (Wildman–Crippen MR) is 61.9 cm³/mol. The number of carbonyl (C=O) groups is 1. The molecule has 1 aromatic heterocycles. The van der Waals surface area contributed by atoms with Gasteiger partial charge in [0.25, 0.3) is 5.91 Å². The smallest absolute Gasteiger partial charge is 0.258 e. The first-order valence-electron chi connectivity index (χ1n) is 5.02. The standard InChI is InChI=1S/C11H10F2N4O/c1-17-5-6(4-15-17)16-11(18)7-2-10(14)9(13)3-8(7)12/h2-5H,14H2,1H3,(H,16,18). The summed E-state index contributed by atoms with van der Waals surface area (Å²) in [5.41, 5.74) is 5.09. The number of halogens is 2. The Balaban J connectivity index is 2.26. The second kappa shape index (κ2) is 4.44. The number of aryl methyl sites for hydroxylation is 1. The number of nitrogen functional groups attached to an aromatic ring is 1. The van der Waals surface area contributed by atoms with Crippen LogP contribution < -0.4 is 11.1 Å². The van der Waals surface area contributed by atoms with Crippen LogP contribution in [0, 0.1) is 11.6 Å². The monoisotopic (exact) mass is 252 g/mol. The molecule has 0 saturated carbocycles. The van der Waals surface area contributed by atoms with Crippen LogP contribution in [0.3, 0.4) is 0 Å². The molecule has 18 heavy (non-hydrogen) atoms. The van der Waals surface area contributed by atoms with Crippen molar-refractivity contribution < 1.29 is 13.6 Å². The average molecular weight is 252 g/mol. The molecule has 0 aliphatic carbocycles. The van der Waals surface area contributed by atoms with Gasteiger partial charge in [-0.1, -0.05) is 0 Å². The molecule has 2 aromatic rings. The van der Waals surface area contributed by atoms with Gasteiger partial charge in [-0.15, -0.1) is 0 Å². The molecule has 0 aliphatic heterocycles. The number of aromatic nitrogens is 2. The van der Waals surface area contributed by atoms with Crippen LogP contribution in [0.5, 0.6) is 0 Å². The van der Waals surface area contributed by atoms with Crippen molar-refractivity contribution in [3.8, 4) is 0 Å². The van der Waals surface area contributed by atoms with Crippen LogP contribution in [-0.4, -0.2) is 15.7 Å². The highest BCUT2D eigenvalue weighted by Gasteiger charge is 2.15. The Morgan fingerprint density at radius 1 is 1.39 bits per heavy atom. The Labute approximate surface area is 101 Å². The van der Waals surface area contributed by atoms with Gasteiger partial charge in [-0.25, -0.2) is 8.78 Å². The maximum atomic E-state index is 13.4. The molecular formula is C11H10F2N4O. The maximum absolute atomic E-state index is 13.4. The lowest BCUT2D eigenvalue weighted by Crippen LogP contribution is -2.14. The zero-order valence-corrected chi connectivity index (χ0v) is 9.45. The van der Waals surface area contributed by atoms with Crippen LogP contribution in [0.15, 0.2) is 24.5 Å². The van der Waals surface area contributed by atoms with Gasteiger partial charge in [-0.3, -0.25) is 9.48 Å². The van der Waals surface area contributed by atoms with Gasteiger partial charge in [0, 0.05) is 19.3 Å². The topological polar surface area (TPSA) is 72.9 Å². The van der Waals surface area contributed by atoms with E-state index in [9.17, 15) is 13.6 Å². The molecule has 1 amide bonds. The van der Waals surface area contributed by atoms with Crippen molar-refractivity contribution in [1.82, 2.24) is 9.78 Å². The van der Waals surface area contributed by atoms with Crippen molar-refractivity contribution in [3.63, 3.8) is 0 Å². The number of anilines is 2. The van der Waals surface area contributed by atoms with Crippen molar-refractivity contribution >= 4 is 17.3 Å². The van der Waals surface area contributed by atoms with Gasteiger partial charge in [-0.2, -0.15) is 5.10 Å². The van der Waals surface area contributed by atoms with Gasteiger partial charge in [0.15, 0.2) is 0 Å². The molecule has 0 atom stereocenters. The lowest BCUT2D eigenvalue weighted by Gasteiger charge is -2.05. The van der Waals surface area contributed by atoms with E-state index in [-0.39, 0.29) is 11.3 Å². The molecule has 0 fully saturated rings. The van der Waals surface area contributed by atoms with E-state index in [4.69, 9.17) is 5.73 Å². The molecule has 2 rings (SSSR count). The van der Waals surface area contributed by atoms with E-state index >= 15 is 0 Å². The molecule has 0 saturated heterocycles. The highest BCUT2D eigenvalue weighted by molar-refractivity contribution is 6.04. The van der Waals surface area contributed by atoms with Crippen molar-refractivity contribution in [2.45, 2.75) is 0 Å². The average Bonchev–Trinajstić information content (AvgIpc) is 2.69. The van der Waals surface area contributed by atoms with Crippen molar-refractivity contribution in [2.24, 2.45) is 7.05 Å². The molecule has 0 aliphatic rings. The van der Waals surface area contributed by atoms with E-state index in [1.807, 2.05) is 0 Å². The lowest BCUT2D eigenvalue weighted by atomic mass is 10.1. The fraction of sp³-hybridized carbons (Fsp3) is 0.0909. The molecule has 1 heterocycles. The number of nitrogens with one attached hydrogen (secondary N) is 1. The van der Waals surface area contributed by atoms with E-state index in [1.165, 1.54) is 10.9 Å². The molecule has 0 radical (unpaired) electrons. The molecule has 94 valence electrons. The van der Waals surface area contributed by atoms with Crippen molar-refractivity contribution in [1.29, 1.82) is 0 Å². The number of rotatable bonds is 2. The molecule has 0 spiro atoms. The van der Waals surface area contributed by atoms with Crippen LogP contribution >= 0.6 is 0 Å². The first-order chi connectivity index (χ1) is 8.47. The number of benzene rings is 1. The van der Waals surface area contributed by atoms with Crippen molar-refractivity contribution in [2.75, 3.05) is 11.1 Å². The number of nitrogens with two attached hydrogens (primary N) is 1. The summed E-state index contributed by atoms with van der Waals surface area (Å²) in [7, 11) is 1.67. The van der Waals surface area contributed by atoms with E-state index in [2.05, 4.69) is 10.4 Å². The number of carbonyl (C=O) groups excluding carboxylic acids is 1. The van der Waals surface area contributed by atoms with Crippen LogP contribution in [0.25, 0.3) is 0 Å². The first kappa shape index (κ1) is 12.0. The summed E-state index contributed by atoms with van der Waals surface area (Å²) < 4.78 is 27.8. The third-order valence-corrected chi connectivity index (χ3v) is 2.29. The minimum Gasteiger partial charge on any atom is -0.396 e. The van der Waals surface area contributed by atoms with Crippen LogP contribution in [0.4, 0.5) is 20.2 Å². The summed E-state index contributed by atoms with van der Waals surface area (Å²) in [5.74, 6) is -2.58. The minimum atomic E-state index is -0.969. The highest BCUT2D eigenvalue weighted by Crippen LogP contribution is 2.18. The quantitative estimate of drug-likeness (QED) is 0.796. The van der Waals surface area contributed by atoms with Crippen LogP contribution in [0.1, 0.15) is 10.4 Å². The zero-order chi connectivity index (χ0) is 13.3. The Kier molecular flexibility index (Phi) is 2.97. The number of hydrogen-bond acceptors (Lipinski definition) is 3. The Morgan fingerprint density at radius 2 is 2.11 bits per heavy atom. The van der Waals surface area contributed by atoms with Crippen molar-refractivity contribution in [3.05, 3.63) is 41.7 Å². The van der Waals surface area contributed by atoms with Gasteiger partial charge in [-0.05, 0) is 6.07 Å².